The molecule has 4 nitrogen and oxygen atoms in total. The van der Waals surface area contributed by atoms with E-state index in [1.165, 1.54) is 48.6 Å². The van der Waals surface area contributed by atoms with Gasteiger partial charge >= 0.3 is 0 Å². The zero-order valence-corrected chi connectivity index (χ0v) is 35.7. The Morgan fingerprint density at radius 2 is 1.02 bits per heavy atom. The SMILES string of the molecule is c1ccc(-c2nc(-c3ccc4c(c3)nc(-c3ccccc3)c3ccc5c(c34)Sc3ccccc3C53c4ccccc4-c4ccccc43)cc(-c3cccc4oc5ccccc5c34)n2)cc1. The van der Waals surface area contributed by atoms with E-state index in [0.29, 0.717) is 5.82 Å². The second-order valence-electron chi connectivity index (χ2n) is 17.0. The normalized spacial score (nSPS) is 13.3. The maximum atomic E-state index is 6.35. The van der Waals surface area contributed by atoms with Gasteiger partial charge in [-0.15, -0.1) is 0 Å². The molecule has 3 aromatic heterocycles. The van der Waals surface area contributed by atoms with Crippen LogP contribution in [-0.2, 0) is 5.41 Å². The number of pyridine rings is 1. The number of nitrogens with zero attached hydrogens (tertiary/aromatic N) is 3. The topological polar surface area (TPSA) is 51.8 Å². The maximum absolute atomic E-state index is 6.35. The van der Waals surface area contributed by atoms with Crippen LogP contribution >= 0.6 is 11.8 Å². The van der Waals surface area contributed by atoms with Gasteiger partial charge in [-0.2, -0.15) is 0 Å². The fourth-order valence-corrected chi connectivity index (χ4v) is 12.2. The van der Waals surface area contributed by atoms with Gasteiger partial charge in [0.25, 0.3) is 0 Å². The molecule has 302 valence electrons. The van der Waals surface area contributed by atoms with Gasteiger partial charge in [0, 0.05) is 59.0 Å². The lowest BCUT2D eigenvalue weighted by atomic mass is 9.67. The summed E-state index contributed by atoms with van der Waals surface area (Å²) < 4.78 is 6.35. The number of hydrogen-bond acceptors (Lipinski definition) is 5. The second-order valence-corrected chi connectivity index (χ2v) is 18.0. The molecule has 0 unspecified atom stereocenters. The zero-order valence-electron chi connectivity index (χ0n) is 34.9. The van der Waals surface area contributed by atoms with E-state index >= 15 is 0 Å². The lowest BCUT2D eigenvalue weighted by Gasteiger charge is -2.40. The van der Waals surface area contributed by atoms with Crippen LogP contribution in [0.3, 0.4) is 0 Å². The quantitative estimate of drug-likeness (QED) is 0.165. The van der Waals surface area contributed by atoms with Crippen molar-refractivity contribution in [1.29, 1.82) is 0 Å². The highest BCUT2D eigenvalue weighted by atomic mass is 32.2. The molecule has 65 heavy (non-hydrogen) atoms. The molecule has 1 spiro atoms. The van der Waals surface area contributed by atoms with Crippen molar-refractivity contribution in [3.63, 3.8) is 0 Å². The van der Waals surface area contributed by atoms with Crippen molar-refractivity contribution in [1.82, 2.24) is 15.0 Å². The van der Waals surface area contributed by atoms with E-state index in [1.54, 1.807) is 0 Å². The Hall–Kier alpha value is -8.12. The molecule has 0 radical (unpaired) electrons. The van der Waals surface area contributed by atoms with Crippen LogP contribution < -0.4 is 0 Å². The van der Waals surface area contributed by atoms with E-state index in [1.807, 2.05) is 54.2 Å². The highest BCUT2D eigenvalue weighted by Gasteiger charge is 2.50. The molecule has 0 fully saturated rings. The Morgan fingerprint density at radius 3 is 1.82 bits per heavy atom. The summed E-state index contributed by atoms with van der Waals surface area (Å²) in [6.45, 7) is 0. The molecule has 1 aliphatic carbocycles. The van der Waals surface area contributed by atoms with Gasteiger partial charge in [-0.3, -0.25) is 0 Å². The van der Waals surface area contributed by atoms with E-state index in [4.69, 9.17) is 19.4 Å². The fourth-order valence-electron chi connectivity index (χ4n) is 10.8. The van der Waals surface area contributed by atoms with Crippen LogP contribution in [0.4, 0.5) is 0 Å². The monoisotopic (exact) mass is 845 g/mol. The van der Waals surface area contributed by atoms with Crippen molar-refractivity contribution in [2.75, 3.05) is 0 Å². The molecule has 0 amide bonds. The Kier molecular flexibility index (Phi) is 7.80. The maximum Gasteiger partial charge on any atom is 0.160 e. The van der Waals surface area contributed by atoms with Crippen molar-refractivity contribution in [3.05, 3.63) is 235 Å². The molecule has 0 N–H and O–H groups in total. The van der Waals surface area contributed by atoms with Crippen LogP contribution in [0.2, 0.25) is 0 Å². The Balaban J connectivity index is 1.05. The summed E-state index contributed by atoms with van der Waals surface area (Å²) in [6.07, 6.45) is 0. The second kappa shape index (κ2) is 13.9. The first-order chi connectivity index (χ1) is 32.2. The van der Waals surface area contributed by atoms with Crippen molar-refractivity contribution >= 4 is 55.4 Å². The summed E-state index contributed by atoms with van der Waals surface area (Å²) in [5.74, 6) is 0.658. The third kappa shape index (κ3) is 5.24. The Bertz CT molecular complexity index is 3890. The first kappa shape index (κ1) is 36.4. The largest absolute Gasteiger partial charge is 0.456 e. The predicted molar refractivity (Wildman–Crippen MR) is 265 cm³/mol. The predicted octanol–water partition coefficient (Wildman–Crippen LogP) is 15.6. The lowest BCUT2D eigenvalue weighted by molar-refractivity contribution is 0.669. The summed E-state index contributed by atoms with van der Waals surface area (Å²) in [7, 11) is 0. The van der Waals surface area contributed by atoms with Gasteiger partial charge in [0.05, 0.1) is 28.0 Å². The molecule has 12 aromatic rings. The van der Waals surface area contributed by atoms with Crippen molar-refractivity contribution in [3.8, 4) is 56.3 Å². The standard InChI is InChI=1S/C60H35N3OS/c1-3-16-36(17-4-1)57-44-32-33-48-58(65-54-29-14-12-26-47(54)60(48)45-24-10-7-20-39(45)40-21-8-11-25-46(40)60)56(44)42-31-30-38(34-50(42)61-57)49-35-51(63-59(62-49)37-18-5-2-6-19-37)41-23-15-28-53-55(41)43-22-9-13-27-52(43)64-53/h1-35H. The van der Waals surface area contributed by atoms with E-state index in [-0.39, 0.29) is 0 Å². The Morgan fingerprint density at radius 1 is 0.385 bits per heavy atom. The molecule has 9 aromatic carbocycles. The fraction of sp³-hybridized carbons (Fsp3) is 0.0167. The molecule has 2 aliphatic rings. The van der Waals surface area contributed by atoms with Gasteiger partial charge in [0.15, 0.2) is 5.82 Å². The molecular formula is C60H35N3OS. The van der Waals surface area contributed by atoms with Crippen LogP contribution in [0, 0.1) is 0 Å². The molecule has 14 rings (SSSR count). The van der Waals surface area contributed by atoms with Crippen LogP contribution in [0.1, 0.15) is 22.3 Å². The summed E-state index contributed by atoms with van der Waals surface area (Å²) in [5, 5.41) is 5.55. The number of benzene rings is 9. The van der Waals surface area contributed by atoms with E-state index in [0.717, 1.165) is 77.6 Å². The van der Waals surface area contributed by atoms with Crippen LogP contribution in [0.25, 0.3) is 99.9 Å². The molecule has 0 saturated heterocycles. The van der Waals surface area contributed by atoms with Gasteiger partial charge in [-0.05, 0) is 63.7 Å². The van der Waals surface area contributed by atoms with Crippen molar-refractivity contribution < 1.29 is 4.42 Å². The van der Waals surface area contributed by atoms with Crippen LogP contribution in [0.5, 0.6) is 0 Å². The minimum atomic E-state index is -0.491. The molecule has 1 aliphatic heterocycles. The van der Waals surface area contributed by atoms with Crippen molar-refractivity contribution in [2.24, 2.45) is 0 Å². The summed E-state index contributed by atoms with van der Waals surface area (Å²) >= 11 is 1.89. The van der Waals surface area contributed by atoms with Gasteiger partial charge in [0.1, 0.15) is 11.2 Å². The number of para-hydroxylation sites is 1. The summed E-state index contributed by atoms with van der Waals surface area (Å²) in [5.41, 5.74) is 16.6. The number of furan rings is 1. The van der Waals surface area contributed by atoms with Gasteiger partial charge in [-0.1, -0.05) is 194 Å². The van der Waals surface area contributed by atoms with Gasteiger partial charge in [0.2, 0.25) is 0 Å². The van der Waals surface area contributed by atoms with E-state index in [9.17, 15) is 0 Å². The number of hydrogen-bond donors (Lipinski definition) is 0. The lowest BCUT2D eigenvalue weighted by Crippen LogP contribution is -2.32. The number of fused-ring (bicyclic) bond motifs is 16. The smallest absolute Gasteiger partial charge is 0.160 e. The van der Waals surface area contributed by atoms with Crippen LogP contribution in [0.15, 0.2) is 227 Å². The molecular weight excluding hydrogens is 811 g/mol. The van der Waals surface area contributed by atoms with Crippen molar-refractivity contribution in [2.45, 2.75) is 15.2 Å². The highest BCUT2D eigenvalue weighted by molar-refractivity contribution is 7.99. The molecule has 0 atom stereocenters. The van der Waals surface area contributed by atoms with Gasteiger partial charge < -0.3 is 4.42 Å². The Labute approximate surface area is 378 Å². The zero-order chi connectivity index (χ0) is 42.6. The van der Waals surface area contributed by atoms with Crippen LogP contribution in [-0.4, -0.2) is 15.0 Å². The minimum Gasteiger partial charge on any atom is -0.456 e. The highest BCUT2D eigenvalue weighted by Crippen LogP contribution is 2.63. The number of aromatic nitrogens is 3. The third-order valence-corrected chi connectivity index (χ3v) is 14.8. The number of rotatable bonds is 4. The molecule has 0 saturated carbocycles. The average Bonchev–Trinajstić information content (AvgIpc) is 3.90. The first-order valence-corrected chi connectivity index (χ1v) is 22.8. The van der Waals surface area contributed by atoms with Gasteiger partial charge in [-0.25, -0.2) is 15.0 Å². The summed E-state index contributed by atoms with van der Waals surface area (Å²) in [4.78, 5) is 18.7. The van der Waals surface area contributed by atoms with E-state index < -0.39 is 5.41 Å². The first-order valence-electron chi connectivity index (χ1n) is 22.0. The summed E-state index contributed by atoms with van der Waals surface area (Å²) in [6, 6.07) is 75.9. The molecule has 5 heteroatoms. The minimum absolute atomic E-state index is 0.491. The van der Waals surface area contributed by atoms with E-state index in [2.05, 4.69) is 170 Å². The molecule has 4 heterocycles. The third-order valence-electron chi connectivity index (χ3n) is 13.6. The molecule has 0 bridgehead atoms. The average molecular weight is 846 g/mol.